The Kier molecular flexibility index (Phi) is 2.70. The van der Waals surface area contributed by atoms with Gasteiger partial charge in [0.2, 0.25) is 5.39 Å². The van der Waals surface area contributed by atoms with Crippen molar-refractivity contribution < 1.29 is 0 Å². The molecule has 8 heavy (non-hydrogen) atoms. The molecule has 0 heterocycles. The number of diazo groups is 1. The number of hydrogen-bond acceptors (Lipinski definition) is 1. The van der Waals surface area contributed by atoms with Crippen LogP contribution >= 0.6 is 0 Å². The summed E-state index contributed by atoms with van der Waals surface area (Å²) in [5, 5.41) is 8.08. The minimum absolute atomic E-state index is 0.621. The predicted octanol–water partition coefficient (Wildman–Crippen LogP) is 2.18. The summed E-state index contributed by atoms with van der Waals surface area (Å²) in [4.78, 5) is 3.06. The summed E-state index contributed by atoms with van der Waals surface area (Å²) in [7, 11) is -0.932. The number of nitrogens with zero attached hydrogens (tertiary/aromatic N) is 2. The topological polar surface area (TPSA) is 28.1 Å². The molecular formula is C5H13N2Si+. The average molecular weight is 129 g/mol. The van der Waals surface area contributed by atoms with E-state index in [1.165, 1.54) is 0 Å². The van der Waals surface area contributed by atoms with Gasteiger partial charge in [0.1, 0.15) is 4.98 Å². The van der Waals surface area contributed by atoms with E-state index in [4.69, 9.17) is 5.39 Å². The molecule has 0 aliphatic rings. The van der Waals surface area contributed by atoms with E-state index >= 15 is 0 Å². The van der Waals surface area contributed by atoms with Crippen LogP contribution in [-0.4, -0.2) is 14.6 Å². The van der Waals surface area contributed by atoms with Gasteiger partial charge in [-0.3, -0.25) is 0 Å². The Bertz CT molecular complexity index is 98.0. The van der Waals surface area contributed by atoms with Crippen LogP contribution in [-0.2, 0) is 0 Å². The summed E-state index contributed by atoms with van der Waals surface area (Å²) in [5.41, 5.74) is 0. The third-order valence-corrected chi connectivity index (χ3v) is 2.69. The fraction of sp³-hybridized carbons (Fsp3) is 1.00. The van der Waals surface area contributed by atoms with Crippen molar-refractivity contribution >= 4 is 8.07 Å². The molecule has 0 bridgehead atoms. The molecule has 0 aromatic carbocycles. The summed E-state index contributed by atoms with van der Waals surface area (Å²) in [6, 6.07) is 1.09. The molecule has 0 fully saturated rings. The highest BCUT2D eigenvalue weighted by Crippen LogP contribution is 2.06. The third kappa shape index (κ3) is 5.64. The van der Waals surface area contributed by atoms with E-state index < -0.39 is 8.07 Å². The Morgan fingerprint density at radius 2 is 1.88 bits per heavy atom. The molecule has 0 saturated heterocycles. The Labute approximate surface area is 51.5 Å². The van der Waals surface area contributed by atoms with Gasteiger partial charge in [-0.05, 0) is 0 Å². The van der Waals surface area contributed by atoms with E-state index in [-0.39, 0.29) is 0 Å². The van der Waals surface area contributed by atoms with Gasteiger partial charge in [-0.2, -0.15) is 0 Å². The zero-order valence-corrected chi connectivity index (χ0v) is 6.81. The van der Waals surface area contributed by atoms with Crippen LogP contribution < -0.4 is 0 Å². The molecule has 0 unspecified atom stereocenters. The highest BCUT2D eigenvalue weighted by Gasteiger charge is 2.15. The van der Waals surface area contributed by atoms with Crippen molar-refractivity contribution in [1.29, 1.82) is 5.39 Å². The summed E-state index contributed by atoms with van der Waals surface area (Å²) < 4.78 is 0. The molecule has 0 N–H and O–H groups in total. The fourth-order valence-electron chi connectivity index (χ4n) is 0.385. The van der Waals surface area contributed by atoms with E-state index in [0.717, 1.165) is 6.04 Å². The standard InChI is InChI=1S/C5H13N2Si/c1-8(2,3)5-4-7-6/h4-5H2,1-3H3/q+1. The minimum Gasteiger partial charge on any atom is -0.0693 e. The molecule has 2 nitrogen and oxygen atoms in total. The second-order valence-electron chi connectivity index (χ2n) is 3.18. The highest BCUT2D eigenvalue weighted by atomic mass is 28.3. The van der Waals surface area contributed by atoms with Gasteiger partial charge in [-0.1, -0.05) is 19.6 Å². The van der Waals surface area contributed by atoms with Gasteiger partial charge in [-0.25, -0.2) is 0 Å². The molecule has 0 rings (SSSR count). The second kappa shape index (κ2) is 2.83. The monoisotopic (exact) mass is 129 g/mol. The molecule has 0 aromatic heterocycles. The first-order valence-electron chi connectivity index (χ1n) is 2.87. The molecule has 0 aliphatic carbocycles. The maximum atomic E-state index is 8.08. The molecule has 3 heteroatoms. The first-order valence-corrected chi connectivity index (χ1v) is 6.58. The summed E-state index contributed by atoms with van der Waals surface area (Å²) >= 11 is 0. The number of hydrogen-bond donors (Lipinski definition) is 0. The maximum Gasteiger partial charge on any atom is 0.303 e. The Morgan fingerprint density at radius 1 is 1.38 bits per heavy atom. The van der Waals surface area contributed by atoms with Gasteiger partial charge < -0.3 is 0 Å². The van der Waals surface area contributed by atoms with E-state index in [1.807, 2.05) is 0 Å². The van der Waals surface area contributed by atoms with Crippen molar-refractivity contribution in [1.82, 2.24) is 0 Å². The van der Waals surface area contributed by atoms with Gasteiger partial charge in [0.15, 0.2) is 0 Å². The third-order valence-electron chi connectivity index (χ3n) is 0.962. The van der Waals surface area contributed by atoms with Crippen molar-refractivity contribution in [3.63, 3.8) is 0 Å². The minimum atomic E-state index is -0.932. The molecular weight excluding hydrogens is 116 g/mol. The lowest BCUT2D eigenvalue weighted by Gasteiger charge is -2.08. The van der Waals surface area contributed by atoms with Crippen LogP contribution in [0.5, 0.6) is 0 Å². The van der Waals surface area contributed by atoms with Crippen LogP contribution in [0.2, 0.25) is 25.7 Å². The van der Waals surface area contributed by atoms with Crippen LogP contribution in [0, 0.1) is 5.39 Å². The highest BCUT2D eigenvalue weighted by molar-refractivity contribution is 6.76. The van der Waals surface area contributed by atoms with Crippen LogP contribution in [0.15, 0.2) is 0 Å². The van der Waals surface area contributed by atoms with E-state index in [9.17, 15) is 0 Å². The molecule has 0 aromatic rings. The van der Waals surface area contributed by atoms with Crippen molar-refractivity contribution in [2.24, 2.45) is 0 Å². The van der Waals surface area contributed by atoms with Gasteiger partial charge >= 0.3 is 6.54 Å². The largest absolute Gasteiger partial charge is 0.303 e. The van der Waals surface area contributed by atoms with Crippen molar-refractivity contribution in [2.45, 2.75) is 25.7 Å². The molecule has 0 aliphatic heterocycles. The molecule has 0 amide bonds. The molecule has 0 spiro atoms. The van der Waals surface area contributed by atoms with Crippen molar-refractivity contribution in [3.05, 3.63) is 4.98 Å². The van der Waals surface area contributed by atoms with Crippen LogP contribution in [0.4, 0.5) is 0 Å². The lowest BCUT2D eigenvalue weighted by molar-refractivity contribution is 1.20. The smallest absolute Gasteiger partial charge is 0.0693 e. The van der Waals surface area contributed by atoms with Gasteiger partial charge in [0, 0.05) is 6.04 Å². The number of rotatable bonds is 2. The van der Waals surface area contributed by atoms with Crippen molar-refractivity contribution in [3.8, 4) is 0 Å². The van der Waals surface area contributed by atoms with Gasteiger partial charge in [-0.15, -0.1) is 0 Å². The van der Waals surface area contributed by atoms with Gasteiger partial charge in [0.05, 0.1) is 8.07 Å². The van der Waals surface area contributed by atoms with Gasteiger partial charge in [0.25, 0.3) is 0 Å². The maximum absolute atomic E-state index is 8.08. The normalized spacial score (nSPS) is 10.8. The Hall–Kier alpha value is -0.363. The second-order valence-corrected chi connectivity index (χ2v) is 8.80. The van der Waals surface area contributed by atoms with E-state index in [0.29, 0.717) is 6.54 Å². The molecule has 46 valence electrons. The summed E-state index contributed by atoms with van der Waals surface area (Å²) in [6.07, 6.45) is 0. The lowest BCUT2D eigenvalue weighted by atomic mass is 10.8. The Balaban J connectivity index is 3.28. The summed E-state index contributed by atoms with van der Waals surface area (Å²) in [5.74, 6) is 0. The SMILES string of the molecule is C[Si](C)(C)CC[N+]#N. The summed E-state index contributed by atoms with van der Waals surface area (Å²) in [6.45, 7) is 7.41. The first-order chi connectivity index (χ1) is 3.56. The van der Waals surface area contributed by atoms with E-state index in [1.54, 1.807) is 0 Å². The lowest BCUT2D eigenvalue weighted by Crippen LogP contribution is -2.19. The van der Waals surface area contributed by atoms with Crippen LogP contribution in [0.3, 0.4) is 0 Å². The van der Waals surface area contributed by atoms with Crippen molar-refractivity contribution in [2.75, 3.05) is 6.54 Å². The zero-order chi connectivity index (χ0) is 6.62. The quantitative estimate of drug-likeness (QED) is 0.415. The molecule has 0 saturated carbocycles. The van der Waals surface area contributed by atoms with Crippen LogP contribution in [0.25, 0.3) is 4.98 Å². The first kappa shape index (κ1) is 7.64. The predicted molar refractivity (Wildman–Crippen MR) is 38.1 cm³/mol. The zero-order valence-electron chi connectivity index (χ0n) is 5.81. The molecule has 0 radical (unpaired) electrons. The van der Waals surface area contributed by atoms with Crippen LogP contribution in [0.1, 0.15) is 0 Å². The Morgan fingerprint density at radius 3 is 2.00 bits per heavy atom. The fourth-order valence-corrected chi connectivity index (χ4v) is 1.16. The molecule has 0 atom stereocenters. The average Bonchev–Trinajstić information content (AvgIpc) is 1.59. The van der Waals surface area contributed by atoms with E-state index in [2.05, 4.69) is 24.6 Å².